The number of piperidine rings is 1. The molecule has 2 heterocycles. The fourth-order valence-corrected chi connectivity index (χ4v) is 2.81. The largest absolute Gasteiger partial charge is 0.338 e. The Kier molecular flexibility index (Phi) is 4.13. The Balaban J connectivity index is 1.43. The first-order chi connectivity index (χ1) is 9.35. The fourth-order valence-electron chi connectivity index (χ4n) is 2.81. The molecule has 5 heteroatoms. The first-order valence-electron chi connectivity index (χ1n) is 7.54. The molecular weight excluding hydrogens is 240 g/mol. The molecule has 1 aliphatic carbocycles. The molecule has 0 radical (unpaired) electrons. The summed E-state index contributed by atoms with van der Waals surface area (Å²) in [5, 5.41) is 7.32. The summed E-state index contributed by atoms with van der Waals surface area (Å²) in [6.07, 6.45) is 6.36. The summed E-state index contributed by atoms with van der Waals surface area (Å²) in [6, 6.07) is 0. The average Bonchev–Trinajstić information content (AvgIpc) is 3.19. The van der Waals surface area contributed by atoms with E-state index in [1.807, 2.05) is 7.05 Å². The number of nitrogens with zero attached hydrogens (tertiary/aromatic N) is 3. The lowest BCUT2D eigenvalue weighted by molar-refractivity contribution is 0.155. The Morgan fingerprint density at radius 2 is 2.05 bits per heavy atom. The SMILES string of the molecule is CNCCC1CCN(Cc2nc(C3CC3)no2)CC1. The van der Waals surface area contributed by atoms with Crippen molar-refractivity contribution in [1.82, 2.24) is 20.4 Å². The topological polar surface area (TPSA) is 54.2 Å². The zero-order valence-electron chi connectivity index (χ0n) is 11.8. The third-order valence-corrected chi connectivity index (χ3v) is 4.29. The molecule has 0 amide bonds. The highest BCUT2D eigenvalue weighted by Gasteiger charge is 2.29. The summed E-state index contributed by atoms with van der Waals surface area (Å²) in [4.78, 5) is 6.95. The molecule has 19 heavy (non-hydrogen) atoms. The molecule has 2 aliphatic rings. The highest BCUT2D eigenvalue weighted by Crippen LogP contribution is 2.38. The summed E-state index contributed by atoms with van der Waals surface area (Å²) in [5.41, 5.74) is 0. The van der Waals surface area contributed by atoms with Crippen molar-refractivity contribution >= 4 is 0 Å². The maximum Gasteiger partial charge on any atom is 0.240 e. The van der Waals surface area contributed by atoms with E-state index in [2.05, 4.69) is 20.4 Å². The van der Waals surface area contributed by atoms with E-state index in [1.165, 1.54) is 32.1 Å². The Morgan fingerprint density at radius 3 is 2.74 bits per heavy atom. The molecule has 0 unspecified atom stereocenters. The van der Waals surface area contributed by atoms with Crippen LogP contribution in [0.15, 0.2) is 4.52 Å². The van der Waals surface area contributed by atoms with Crippen LogP contribution in [0.2, 0.25) is 0 Å². The van der Waals surface area contributed by atoms with Gasteiger partial charge in [-0.2, -0.15) is 4.98 Å². The molecule has 5 nitrogen and oxygen atoms in total. The summed E-state index contributed by atoms with van der Waals surface area (Å²) >= 11 is 0. The molecular formula is C14H24N4O. The van der Waals surface area contributed by atoms with Gasteiger partial charge in [-0.15, -0.1) is 0 Å². The number of aromatic nitrogens is 2. The Morgan fingerprint density at radius 1 is 1.26 bits per heavy atom. The lowest BCUT2D eigenvalue weighted by Gasteiger charge is -2.30. The quantitative estimate of drug-likeness (QED) is 0.848. The van der Waals surface area contributed by atoms with E-state index in [-0.39, 0.29) is 0 Å². The standard InChI is InChI=1S/C14H24N4O/c1-15-7-4-11-5-8-18(9-6-11)10-13-16-14(17-19-13)12-2-3-12/h11-12,15H,2-10H2,1H3. The van der Waals surface area contributed by atoms with Crippen LogP contribution < -0.4 is 5.32 Å². The minimum Gasteiger partial charge on any atom is -0.338 e. The van der Waals surface area contributed by atoms with Gasteiger partial charge in [-0.05, 0) is 64.7 Å². The Bertz CT molecular complexity index is 394. The van der Waals surface area contributed by atoms with Crippen LogP contribution in [0.3, 0.4) is 0 Å². The van der Waals surface area contributed by atoms with Gasteiger partial charge in [0.1, 0.15) is 0 Å². The third kappa shape index (κ3) is 3.54. The second kappa shape index (κ2) is 6.01. The van der Waals surface area contributed by atoms with E-state index < -0.39 is 0 Å². The summed E-state index contributed by atoms with van der Waals surface area (Å²) < 4.78 is 5.35. The maximum atomic E-state index is 5.35. The van der Waals surface area contributed by atoms with Crippen molar-refractivity contribution in [2.45, 2.75) is 44.6 Å². The van der Waals surface area contributed by atoms with E-state index >= 15 is 0 Å². The van der Waals surface area contributed by atoms with Gasteiger partial charge < -0.3 is 9.84 Å². The Hall–Kier alpha value is -0.940. The molecule has 0 atom stereocenters. The molecule has 1 aromatic rings. The van der Waals surface area contributed by atoms with Crippen LogP contribution in [0.1, 0.15) is 49.7 Å². The van der Waals surface area contributed by atoms with Crippen LogP contribution in [-0.2, 0) is 6.54 Å². The van der Waals surface area contributed by atoms with E-state index in [0.717, 1.165) is 43.8 Å². The zero-order chi connectivity index (χ0) is 13.1. The third-order valence-electron chi connectivity index (χ3n) is 4.29. The highest BCUT2D eigenvalue weighted by atomic mass is 16.5. The normalized spacial score (nSPS) is 21.9. The van der Waals surface area contributed by atoms with Crippen molar-refractivity contribution in [3.8, 4) is 0 Å². The molecule has 2 fully saturated rings. The van der Waals surface area contributed by atoms with E-state index in [4.69, 9.17) is 4.52 Å². The van der Waals surface area contributed by atoms with Gasteiger partial charge in [-0.1, -0.05) is 5.16 Å². The zero-order valence-corrected chi connectivity index (χ0v) is 11.8. The van der Waals surface area contributed by atoms with Gasteiger partial charge in [0, 0.05) is 5.92 Å². The molecule has 3 rings (SSSR count). The van der Waals surface area contributed by atoms with Gasteiger partial charge in [0.05, 0.1) is 6.54 Å². The molecule has 0 bridgehead atoms. The number of hydrogen-bond acceptors (Lipinski definition) is 5. The molecule has 1 aromatic heterocycles. The first-order valence-corrected chi connectivity index (χ1v) is 7.54. The highest BCUT2D eigenvalue weighted by molar-refractivity contribution is 5.03. The van der Waals surface area contributed by atoms with Crippen molar-refractivity contribution in [2.75, 3.05) is 26.7 Å². The van der Waals surface area contributed by atoms with Crippen LogP contribution in [0.5, 0.6) is 0 Å². The monoisotopic (exact) mass is 264 g/mol. The molecule has 1 aliphatic heterocycles. The van der Waals surface area contributed by atoms with Crippen molar-refractivity contribution in [1.29, 1.82) is 0 Å². The van der Waals surface area contributed by atoms with Gasteiger partial charge in [0.25, 0.3) is 0 Å². The maximum absolute atomic E-state index is 5.35. The second-order valence-electron chi connectivity index (χ2n) is 5.93. The van der Waals surface area contributed by atoms with Crippen LogP contribution in [0.25, 0.3) is 0 Å². The minimum atomic E-state index is 0.588. The van der Waals surface area contributed by atoms with Gasteiger partial charge in [-0.25, -0.2) is 0 Å². The van der Waals surface area contributed by atoms with E-state index in [0.29, 0.717) is 5.92 Å². The van der Waals surface area contributed by atoms with Gasteiger partial charge >= 0.3 is 0 Å². The molecule has 0 spiro atoms. The molecule has 106 valence electrons. The number of hydrogen-bond donors (Lipinski definition) is 1. The first kappa shape index (κ1) is 13.1. The van der Waals surface area contributed by atoms with Crippen molar-refractivity contribution < 1.29 is 4.52 Å². The van der Waals surface area contributed by atoms with E-state index in [1.54, 1.807) is 0 Å². The van der Waals surface area contributed by atoms with Gasteiger partial charge in [0.15, 0.2) is 5.82 Å². The van der Waals surface area contributed by atoms with Gasteiger partial charge in [0.2, 0.25) is 5.89 Å². The van der Waals surface area contributed by atoms with Crippen LogP contribution in [-0.4, -0.2) is 41.7 Å². The smallest absolute Gasteiger partial charge is 0.240 e. The van der Waals surface area contributed by atoms with Crippen molar-refractivity contribution in [3.63, 3.8) is 0 Å². The second-order valence-corrected chi connectivity index (χ2v) is 5.93. The summed E-state index contributed by atoms with van der Waals surface area (Å²) in [7, 11) is 2.03. The minimum absolute atomic E-state index is 0.588. The Labute approximate surface area is 114 Å². The fraction of sp³-hybridized carbons (Fsp3) is 0.857. The van der Waals surface area contributed by atoms with Gasteiger partial charge in [-0.3, -0.25) is 4.90 Å². The summed E-state index contributed by atoms with van der Waals surface area (Å²) in [6.45, 7) is 4.29. The predicted octanol–water partition coefficient (Wildman–Crippen LogP) is 1.77. The number of nitrogens with one attached hydrogen (secondary N) is 1. The number of rotatable bonds is 6. The molecule has 1 N–H and O–H groups in total. The summed E-state index contributed by atoms with van der Waals surface area (Å²) in [5.74, 6) is 3.20. The molecule has 1 saturated heterocycles. The average molecular weight is 264 g/mol. The van der Waals surface area contributed by atoms with E-state index in [9.17, 15) is 0 Å². The number of likely N-dealkylation sites (tertiary alicyclic amines) is 1. The van der Waals surface area contributed by atoms with Crippen LogP contribution in [0.4, 0.5) is 0 Å². The van der Waals surface area contributed by atoms with Crippen molar-refractivity contribution in [2.24, 2.45) is 5.92 Å². The lowest BCUT2D eigenvalue weighted by atomic mass is 9.93. The molecule has 0 aromatic carbocycles. The van der Waals surface area contributed by atoms with Crippen molar-refractivity contribution in [3.05, 3.63) is 11.7 Å². The lowest BCUT2D eigenvalue weighted by Crippen LogP contribution is -2.34. The predicted molar refractivity (Wildman–Crippen MR) is 72.8 cm³/mol. The van der Waals surface area contributed by atoms with Crippen LogP contribution >= 0.6 is 0 Å². The molecule has 1 saturated carbocycles. The van der Waals surface area contributed by atoms with Crippen LogP contribution in [0, 0.1) is 5.92 Å².